The molecule has 0 aliphatic rings. The highest BCUT2D eigenvalue weighted by molar-refractivity contribution is 6.32. The van der Waals surface area contributed by atoms with Gasteiger partial charge in [0.05, 0.1) is 24.2 Å². The van der Waals surface area contributed by atoms with Crippen LogP contribution >= 0.6 is 11.6 Å². The molecule has 0 spiro atoms. The van der Waals surface area contributed by atoms with Gasteiger partial charge in [-0.1, -0.05) is 54.1 Å². The van der Waals surface area contributed by atoms with Crippen LogP contribution in [0.25, 0.3) is 11.0 Å². The van der Waals surface area contributed by atoms with Crippen molar-refractivity contribution in [2.24, 2.45) is 0 Å². The Hall–Kier alpha value is -3.31. The highest BCUT2D eigenvalue weighted by atomic mass is 35.5. The molecule has 4 aromatic rings. The molecule has 0 radical (unpaired) electrons. The van der Waals surface area contributed by atoms with Crippen LogP contribution < -0.4 is 10.1 Å². The van der Waals surface area contributed by atoms with Crippen molar-refractivity contribution in [2.75, 3.05) is 6.61 Å². The molecule has 1 N–H and O–H groups in total. The second-order valence-electron chi connectivity index (χ2n) is 8.86. The minimum absolute atomic E-state index is 0.0365. The lowest BCUT2D eigenvalue weighted by atomic mass is 10.1. The van der Waals surface area contributed by atoms with Crippen LogP contribution in [0.2, 0.25) is 5.02 Å². The first kappa shape index (κ1) is 24.8. The maximum Gasteiger partial charge on any atom is 0.220 e. The molecular formula is C29H32ClN3O2. The number of hydrogen-bond donors (Lipinski definition) is 1. The fraction of sp³-hybridized carbons (Fsp3) is 0.310. The largest absolute Gasteiger partial charge is 0.494 e. The smallest absolute Gasteiger partial charge is 0.220 e. The van der Waals surface area contributed by atoms with Gasteiger partial charge < -0.3 is 14.6 Å². The summed E-state index contributed by atoms with van der Waals surface area (Å²) in [6.07, 6.45) is 3.05. The Morgan fingerprint density at radius 1 is 1.00 bits per heavy atom. The zero-order valence-electron chi connectivity index (χ0n) is 20.4. The predicted octanol–water partition coefficient (Wildman–Crippen LogP) is 6.41. The van der Waals surface area contributed by atoms with Gasteiger partial charge in [-0.15, -0.1) is 0 Å². The summed E-state index contributed by atoms with van der Waals surface area (Å²) in [5, 5.41) is 3.85. The highest BCUT2D eigenvalue weighted by Gasteiger charge is 2.12. The van der Waals surface area contributed by atoms with E-state index < -0.39 is 0 Å². The number of imidazole rings is 1. The van der Waals surface area contributed by atoms with Crippen LogP contribution in [0.3, 0.4) is 0 Å². The van der Waals surface area contributed by atoms with Gasteiger partial charge in [0.1, 0.15) is 11.6 Å². The molecule has 182 valence electrons. The van der Waals surface area contributed by atoms with Crippen LogP contribution in [0.15, 0.2) is 66.7 Å². The van der Waals surface area contributed by atoms with E-state index >= 15 is 0 Å². The minimum Gasteiger partial charge on any atom is -0.494 e. The van der Waals surface area contributed by atoms with Gasteiger partial charge in [0.25, 0.3) is 0 Å². The quantitative estimate of drug-likeness (QED) is 0.247. The number of aryl methyl sites for hydroxylation is 4. The van der Waals surface area contributed by atoms with Gasteiger partial charge in [0.2, 0.25) is 5.91 Å². The molecule has 0 bridgehead atoms. The molecule has 0 saturated carbocycles. The molecular weight excluding hydrogens is 458 g/mol. The van der Waals surface area contributed by atoms with Gasteiger partial charge in [0.15, 0.2) is 0 Å². The van der Waals surface area contributed by atoms with Crippen molar-refractivity contribution >= 4 is 28.5 Å². The van der Waals surface area contributed by atoms with Gasteiger partial charge in [-0.25, -0.2) is 4.98 Å². The standard InChI is InChI=1S/C29H32ClN3O2/c1-21-18-24(19-22(2)29(21)30)35-17-9-8-16-33-26-13-7-6-12-25(26)32-27(33)20-31-28(34)15-14-23-10-4-3-5-11-23/h3-7,10-13,18-19H,8-9,14-17,20H2,1-2H3,(H,31,34). The number of hydrogen-bond acceptors (Lipinski definition) is 3. The number of amides is 1. The number of nitrogens with zero attached hydrogens (tertiary/aromatic N) is 2. The average molecular weight is 490 g/mol. The number of nitrogens with one attached hydrogen (secondary N) is 1. The van der Waals surface area contributed by atoms with Crippen molar-refractivity contribution in [1.29, 1.82) is 0 Å². The van der Waals surface area contributed by atoms with Crippen LogP contribution in [-0.2, 0) is 24.3 Å². The van der Waals surface area contributed by atoms with Gasteiger partial charge in [-0.2, -0.15) is 0 Å². The lowest BCUT2D eigenvalue weighted by Crippen LogP contribution is -2.25. The Labute approximate surface area is 212 Å². The van der Waals surface area contributed by atoms with Crippen molar-refractivity contribution in [1.82, 2.24) is 14.9 Å². The summed E-state index contributed by atoms with van der Waals surface area (Å²) in [6, 6.07) is 22.2. The fourth-order valence-electron chi connectivity index (χ4n) is 4.23. The molecule has 0 aliphatic carbocycles. The summed E-state index contributed by atoms with van der Waals surface area (Å²) in [5.74, 6) is 1.77. The highest BCUT2D eigenvalue weighted by Crippen LogP contribution is 2.26. The topological polar surface area (TPSA) is 56.1 Å². The Morgan fingerprint density at radius 2 is 1.71 bits per heavy atom. The molecule has 0 unspecified atom stereocenters. The molecule has 35 heavy (non-hydrogen) atoms. The Balaban J connectivity index is 1.31. The van der Waals surface area contributed by atoms with Gasteiger partial charge in [-0.3, -0.25) is 4.79 Å². The normalized spacial score (nSPS) is 11.1. The molecule has 6 heteroatoms. The number of carbonyl (C=O) groups is 1. The second kappa shape index (κ2) is 11.9. The number of rotatable bonds is 11. The third kappa shape index (κ3) is 6.64. The zero-order chi connectivity index (χ0) is 24.6. The maximum atomic E-state index is 12.4. The summed E-state index contributed by atoms with van der Waals surface area (Å²) in [5.41, 5.74) is 5.26. The van der Waals surface area contributed by atoms with Crippen LogP contribution in [0, 0.1) is 13.8 Å². The van der Waals surface area contributed by atoms with E-state index in [9.17, 15) is 4.79 Å². The van der Waals surface area contributed by atoms with Gasteiger partial charge >= 0.3 is 0 Å². The number of unbranched alkanes of at least 4 members (excludes halogenated alkanes) is 1. The number of carbonyl (C=O) groups excluding carboxylic acids is 1. The van der Waals surface area contributed by atoms with Crippen molar-refractivity contribution in [3.8, 4) is 5.75 Å². The Bertz CT molecular complexity index is 1260. The number of aromatic nitrogens is 2. The third-order valence-corrected chi connectivity index (χ3v) is 6.71. The van der Waals surface area contributed by atoms with Gasteiger partial charge in [-0.05, 0) is 74.1 Å². The predicted molar refractivity (Wildman–Crippen MR) is 142 cm³/mol. The van der Waals surface area contributed by atoms with E-state index in [4.69, 9.17) is 21.3 Å². The molecule has 0 saturated heterocycles. The molecule has 1 amide bonds. The number of fused-ring (bicyclic) bond motifs is 1. The fourth-order valence-corrected chi connectivity index (χ4v) is 4.34. The molecule has 0 atom stereocenters. The van der Waals surface area contributed by atoms with Gasteiger partial charge in [0, 0.05) is 18.0 Å². The van der Waals surface area contributed by atoms with Crippen molar-refractivity contribution in [2.45, 2.75) is 52.6 Å². The first-order valence-electron chi connectivity index (χ1n) is 12.2. The molecule has 0 fully saturated rings. The first-order chi connectivity index (χ1) is 17.0. The molecule has 5 nitrogen and oxygen atoms in total. The summed E-state index contributed by atoms with van der Waals surface area (Å²) in [7, 11) is 0. The van der Waals surface area contributed by atoms with E-state index in [1.165, 1.54) is 5.56 Å². The van der Waals surface area contributed by atoms with E-state index in [0.717, 1.165) is 64.6 Å². The van der Waals surface area contributed by atoms with E-state index in [0.29, 0.717) is 19.6 Å². The third-order valence-electron chi connectivity index (χ3n) is 6.12. The number of halogens is 1. The molecule has 1 aromatic heterocycles. The van der Waals surface area contributed by atoms with E-state index in [1.807, 2.05) is 74.5 Å². The molecule has 0 aliphatic heterocycles. The summed E-state index contributed by atoms with van der Waals surface area (Å²) >= 11 is 6.25. The van der Waals surface area contributed by atoms with E-state index in [-0.39, 0.29) is 5.91 Å². The van der Waals surface area contributed by atoms with Crippen LogP contribution in [0.4, 0.5) is 0 Å². The SMILES string of the molecule is Cc1cc(OCCCCn2c(CNC(=O)CCc3ccccc3)nc3ccccc32)cc(C)c1Cl. The Kier molecular flexibility index (Phi) is 8.43. The first-order valence-corrected chi connectivity index (χ1v) is 12.5. The molecule has 1 heterocycles. The second-order valence-corrected chi connectivity index (χ2v) is 9.24. The van der Waals surface area contributed by atoms with Crippen molar-refractivity contribution < 1.29 is 9.53 Å². The van der Waals surface area contributed by atoms with Crippen LogP contribution in [0.1, 0.15) is 41.8 Å². The van der Waals surface area contributed by atoms with Crippen molar-refractivity contribution in [3.05, 3.63) is 94.3 Å². The summed E-state index contributed by atoms with van der Waals surface area (Å²) in [4.78, 5) is 17.2. The number of benzene rings is 3. The summed E-state index contributed by atoms with van der Waals surface area (Å²) in [6.45, 7) is 5.86. The van der Waals surface area contributed by atoms with Crippen LogP contribution in [-0.4, -0.2) is 22.1 Å². The number of ether oxygens (including phenoxy) is 1. The maximum absolute atomic E-state index is 12.4. The number of para-hydroxylation sites is 2. The average Bonchev–Trinajstić information content (AvgIpc) is 3.22. The monoisotopic (exact) mass is 489 g/mol. The zero-order valence-corrected chi connectivity index (χ0v) is 21.1. The summed E-state index contributed by atoms with van der Waals surface area (Å²) < 4.78 is 8.17. The molecule has 4 rings (SSSR count). The lowest BCUT2D eigenvalue weighted by molar-refractivity contribution is -0.121. The van der Waals surface area contributed by atoms with Crippen LogP contribution in [0.5, 0.6) is 5.75 Å². The van der Waals surface area contributed by atoms with Crippen molar-refractivity contribution in [3.63, 3.8) is 0 Å². The molecule has 3 aromatic carbocycles. The lowest BCUT2D eigenvalue weighted by Gasteiger charge is -2.12. The van der Waals surface area contributed by atoms with E-state index in [2.05, 4.69) is 16.0 Å². The van der Waals surface area contributed by atoms with E-state index in [1.54, 1.807) is 0 Å². The minimum atomic E-state index is 0.0365. The Morgan fingerprint density at radius 3 is 2.49 bits per heavy atom.